The van der Waals surface area contributed by atoms with Gasteiger partial charge in [0.15, 0.2) is 0 Å². The van der Waals surface area contributed by atoms with Gasteiger partial charge in [-0.1, -0.05) is 18.2 Å². The first-order valence-electron chi connectivity index (χ1n) is 8.91. The van der Waals surface area contributed by atoms with Crippen molar-refractivity contribution in [1.82, 2.24) is 19.4 Å². The van der Waals surface area contributed by atoms with E-state index in [9.17, 15) is 4.79 Å². The summed E-state index contributed by atoms with van der Waals surface area (Å²) < 4.78 is 2.24. The van der Waals surface area contributed by atoms with Gasteiger partial charge in [0.1, 0.15) is 0 Å². The SMILES string of the molecule is O=C(c1ccccc1)N1CCCn2cnc(CN3CCCC3)c2C1. The number of aryl methyl sites for hydroxylation is 1. The zero-order chi connectivity index (χ0) is 16.4. The quantitative estimate of drug-likeness (QED) is 0.871. The molecule has 1 aromatic carbocycles. The molecule has 1 fully saturated rings. The lowest BCUT2D eigenvalue weighted by molar-refractivity contribution is 0.0745. The van der Waals surface area contributed by atoms with Gasteiger partial charge in [0.05, 0.1) is 24.3 Å². The van der Waals surface area contributed by atoms with E-state index in [4.69, 9.17) is 0 Å². The number of carbonyl (C=O) groups excluding carboxylic acids is 1. The second kappa shape index (κ2) is 6.77. The number of rotatable bonds is 3. The number of likely N-dealkylation sites (tertiary alicyclic amines) is 1. The fourth-order valence-electron chi connectivity index (χ4n) is 3.74. The fourth-order valence-corrected chi connectivity index (χ4v) is 3.74. The van der Waals surface area contributed by atoms with E-state index < -0.39 is 0 Å². The van der Waals surface area contributed by atoms with E-state index in [2.05, 4.69) is 14.5 Å². The molecule has 5 nitrogen and oxygen atoms in total. The van der Waals surface area contributed by atoms with Gasteiger partial charge in [0.2, 0.25) is 0 Å². The van der Waals surface area contributed by atoms with Crippen LogP contribution in [0, 0.1) is 0 Å². The third kappa shape index (κ3) is 3.08. The summed E-state index contributed by atoms with van der Waals surface area (Å²) in [7, 11) is 0. The maximum atomic E-state index is 12.8. The summed E-state index contributed by atoms with van der Waals surface area (Å²) in [4.78, 5) is 21.9. The van der Waals surface area contributed by atoms with Crippen molar-refractivity contribution in [3.05, 3.63) is 53.6 Å². The van der Waals surface area contributed by atoms with Crippen LogP contribution in [0.3, 0.4) is 0 Å². The van der Waals surface area contributed by atoms with E-state index in [1.165, 1.54) is 31.6 Å². The van der Waals surface area contributed by atoms with Crippen LogP contribution in [0.15, 0.2) is 36.7 Å². The molecule has 0 N–H and O–H groups in total. The van der Waals surface area contributed by atoms with Crippen LogP contribution in [0.1, 0.15) is 41.0 Å². The first-order valence-corrected chi connectivity index (χ1v) is 8.91. The number of amides is 1. The Morgan fingerprint density at radius 1 is 1.00 bits per heavy atom. The highest BCUT2D eigenvalue weighted by atomic mass is 16.2. The molecule has 0 aliphatic carbocycles. The number of aromatic nitrogens is 2. The third-order valence-corrected chi connectivity index (χ3v) is 5.08. The Bertz CT molecular complexity index is 703. The van der Waals surface area contributed by atoms with Crippen LogP contribution in [0.2, 0.25) is 0 Å². The van der Waals surface area contributed by atoms with Crippen molar-refractivity contribution in [2.75, 3.05) is 19.6 Å². The summed E-state index contributed by atoms with van der Waals surface area (Å²) in [6, 6.07) is 9.59. The Labute approximate surface area is 142 Å². The zero-order valence-corrected chi connectivity index (χ0v) is 14.0. The Morgan fingerprint density at radius 2 is 1.79 bits per heavy atom. The predicted octanol–water partition coefficient (Wildman–Crippen LogP) is 2.53. The number of fused-ring (bicyclic) bond motifs is 1. The van der Waals surface area contributed by atoms with Crippen molar-refractivity contribution in [2.24, 2.45) is 0 Å². The molecule has 0 radical (unpaired) electrons. The van der Waals surface area contributed by atoms with Crippen molar-refractivity contribution in [2.45, 2.75) is 38.9 Å². The molecule has 0 unspecified atom stereocenters. The highest BCUT2D eigenvalue weighted by molar-refractivity contribution is 5.94. The molecule has 4 rings (SSSR count). The summed E-state index contributed by atoms with van der Waals surface area (Å²) in [6.45, 7) is 5.66. The summed E-state index contributed by atoms with van der Waals surface area (Å²) in [5.41, 5.74) is 3.12. The van der Waals surface area contributed by atoms with Crippen molar-refractivity contribution in [1.29, 1.82) is 0 Å². The van der Waals surface area contributed by atoms with E-state index in [1.807, 2.05) is 41.6 Å². The van der Waals surface area contributed by atoms with Gasteiger partial charge < -0.3 is 9.47 Å². The van der Waals surface area contributed by atoms with Crippen molar-refractivity contribution >= 4 is 5.91 Å². The summed E-state index contributed by atoms with van der Waals surface area (Å²) in [5, 5.41) is 0. The van der Waals surface area contributed by atoms with Crippen LogP contribution in [0.5, 0.6) is 0 Å². The average molecular weight is 324 g/mol. The first kappa shape index (κ1) is 15.4. The van der Waals surface area contributed by atoms with Gasteiger partial charge in [-0.2, -0.15) is 0 Å². The number of imidazole rings is 1. The van der Waals surface area contributed by atoms with E-state index in [0.29, 0.717) is 6.54 Å². The van der Waals surface area contributed by atoms with Gasteiger partial charge in [-0.25, -0.2) is 4.98 Å². The molecule has 5 heteroatoms. The average Bonchev–Trinajstić information content (AvgIpc) is 3.20. The third-order valence-electron chi connectivity index (χ3n) is 5.08. The first-order chi connectivity index (χ1) is 11.8. The molecular weight excluding hydrogens is 300 g/mol. The van der Waals surface area contributed by atoms with Crippen LogP contribution >= 0.6 is 0 Å². The lowest BCUT2D eigenvalue weighted by Gasteiger charge is -2.21. The largest absolute Gasteiger partial charge is 0.333 e. The van der Waals surface area contributed by atoms with Gasteiger partial charge in [-0.05, 0) is 44.5 Å². The number of hydrogen-bond donors (Lipinski definition) is 0. The Kier molecular flexibility index (Phi) is 4.34. The Morgan fingerprint density at radius 3 is 2.58 bits per heavy atom. The second-order valence-corrected chi connectivity index (χ2v) is 6.76. The van der Waals surface area contributed by atoms with Gasteiger partial charge in [0, 0.05) is 25.2 Å². The molecule has 2 aliphatic heterocycles. The molecule has 0 atom stereocenters. The number of benzene rings is 1. The normalized spacial score (nSPS) is 18.4. The molecule has 1 aromatic heterocycles. The second-order valence-electron chi connectivity index (χ2n) is 6.76. The summed E-state index contributed by atoms with van der Waals surface area (Å²) in [5.74, 6) is 0.123. The van der Waals surface area contributed by atoms with E-state index >= 15 is 0 Å². The minimum absolute atomic E-state index is 0.123. The van der Waals surface area contributed by atoms with Gasteiger partial charge in [-0.3, -0.25) is 9.69 Å². The lowest BCUT2D eigenvalue weighted by atomic mass is 10.2. The lowest BCUT2D eigenvalue weighted by Crippen LogP contribution is -2.31. The maximum absolute atomic E-state index is 12.8. The molecule has 1 amide bonds. The molecule has 2 aromatic rings. The van der Waals surface area contributed by atoms with E-state index in [0.717, 1.165) is 37.3 Å². The zero-order valence-electron chi connectivity index (χ0n) is 14.0. The van der Waals surface area contributed by atoms with Crippen molar-refractivity contribution in [3.8, 4) is 0 Å². The number of hydrogen-bond acceptors (Lipinski definition) is 3. The molecule has 0 spiro atoms. The van der Waals surface area contributed by atoms with E-state index in [1.54, 1.807) is 0 Å². The number of carbonyl (C=O) groups is 1. The van der Waals surface area contributed by atoms with Crippen molar-refractivity contribution in [3.63, 3.8) is 0 Å². The summed E-state index contributed by atoms with van der Waals surface area (Å²) >= 11 is 0. The topological polar surface area (TPSA) is 41.4 Å². The summed E-state index contributed by atoms with van der Waals surface area (Å²) in [6.07, 6.45) is 5.51. The minimum Gasteiger partial charge on any atom is -0.333 e. The molecule has 2 aliphatic rings. The maximum Gasteiger partial charge on any atom is 0.254 e. The smallest absolute Gasteiger partial charge is 0.254 e. The Hall–Kier alpha value is -2.14. The molecule has 24 heavy (non-hydrogen) atoms. The molecule has 0 saturated carbocycles. The fraction of sp³-hybridized carbons (Fsp3) is 0.474. The molecule has 3 heterocycles. The molecule has 126 valence electrons. The molecule has 0 bridgehead atoms. The molecule has 1 saturated heterocycles. The predicted molar refractivity (Wildman–Crippen MR) is 92.5 cm³/mol. The van der Waals surface area contributed by atoms with Gasteiger partial charge in [0.25, 0.3) is 5.91 Å². The molecular formula is C19H24N4O. The van der Waals surface area contributed by atoms with Crippen LogP contribution in [-0.4, -0.2) is 44.9 Å². The highest BCUT2D eigenvalue weighted by Gasteiger charge is 2.24. The van der Waals surface area contributed by atoms with Crippen LogP contribution in [0.25, 0.3) is 0 Å². The van der Waals surface area contributed by atoms with Gasteiger partial charge in [-0.15, -0.1) is 0 Å². The monoisotopic (exact) mass is 324 g/mol. The van der Waals surface area contributed by atoms with Gasteiger partial charge >= 0.3 is 0 Å². The Balaban J connectivity index is 1.55. The van der Waals surface area contributed by atoms with E-state index in [-0.39, 0.29) is 5.91 Å². The van der Waals surface area contributed by atoms with Crippen molar-refractivity contribution < 1.29 is 4.79 Å². The highest BCUT2D eigenvalue weighted by Crippen LogP contribution is 2.21. The van der Waals surface area contributed by atoms with Crippen LogP contribution < -0.4 is 0 Å². The van der Waals surface area contributed by atoms with Crippen LogP contribution in [-0.2, 0) is 19.6 Å². The minimum atomic E-state index is 0.123. The standard InChI is InChI=1S/C19H24N4O/c24-19(16-7-2-1-3-8-16)22-11-6-12-23-15-20-17(18(23)14-22)13-21-9-4-5-10-21/h1-3,7-8,15H,4-6,9-14H2. The van der Waals surface area contributed by atoms with Crippen LogP contribution in [0.4, 0.5) is 0 Å². The number of nitrogens with zero attached hydrogens (tertiary/aromatic N) is 4.